The standard InChI is InChI=1S/C12H24N2OS/c1-8(9(2)13)12(15)14-10-5-4-6-11(7-10)16-3/h8-11H,4-7,13H2,1-3H3,(H,14,15). The van der Waals surface area contributed by atoms with Crippen LogP contribution in [0, 0.1) is 5.92 Å². The fourth-order valence-electron chi connectivity index (χ4n) is 2.06. The molecule has 4 heteroatoms. The van der Waals surface area contributed by atoms with Crippen molar-refractivity contribution in [1.82, 2.24) is 5.32 Å². The smallest absolute Gasteiger partial charge is 0.224 e. The molecule has 0 aromatic carbocycles. The maximum Gasteiger partial charge on any atom is 0.224 e. The zero-order valence-corrected chi connectivity index (χ0v) is 11.3. The maximum atomic E-state index is 11.8. The number of nitrogens with two attached hydrogens (primary N) is 1. The van der Waals surface area contributed by atoms with Gasteiger partial charge in [0.2, 0.25) is 5.91 Å². The largest absolute Gasteiger partial charge is 0.353 e. The van der Waals surface area contributed by atoms with Gasteiger partial charge in [0, 0.05) is 23.3 Å². The Labute approximate surface area is 103 Å². The lowest BCUT2D eigenvalue weighted by atomic mass is 9.94. The summed E-state index contributed by atoms with van der Waals surface area (Å²) in [5, 5.41) is 3.84. The third kappa shape index (κ3) is 3.98. The summed E-state index contributed by atoms with van der Waals surface area (Å²) in [5.74, 6) is 0.0245. The molecule has 0 aromatic heterocycles. The van der Waals surface area contributed by atoms with Crippen LogP contribution in [0.15, 0.2) is 0 Å². The summed E-state index contributed by atoms with van der Waals surface area (Å²) in [5.41, 5.74) is 5.73. The van der Waals surface area contributed by atoms with E-state index in [0.717, 1.165) is 12.8 Å². The summed E-state index contributed by atoms with van der Waals surface area (Å²) < 4.78 is 0. The fourth-order valence-corrected chi connectivity index (χ4v) is 2.89. The molecule has 0 spiro atoms. The van der Waals surface area contributed by atoms with E-state index in [9.17, 15) is 4.79 Å². The molecule has 0 aliphatic heterocycles. The molecule has 1 aliphatic rings. The summed E-state index contributed by atoms with van der Waals surface area (Å²) in [7, 11) is 0. The quantitative estimate of drug-likeness (QED) is 0.792. The molecule has 1 rings (SSSR count). The Balaban J connectivity index is 2.38. The molecule has 0 heterocycles. The number of amides is 1. The second-order valence-corrected chi connectivity index (χ2v) is 6.02. The van der Waals surface area contributed by atoms with Crippen LogP contribution < -0.4 is 11.1 Å². The molecule has 4 unspecified atom stereocenters. The summed E-state index contributed by atoms with van der Waals surface area (Å²) in [6.45, 7) is 3.78. The third-order valence-corrected chi connectivity index (χ3v) is 4.60. The lowest BCUT2D eigenvalue weighted by Gasteiger charge is -2.30. The highest BCUT2D eigenvalue weighted by molar-refractivity contribution is 7.99. The summed E-state index contributed by atoms with van der Waals surface area (Å²) in [4.78, 5) is 11.8. The van der Waals surface area contributed by atoms with Crippen LogP contribution in [0.25, 0.3) is 0 Å². The minimum atomic E-state index is -0.0883. The van der Waals surface area contributed by atoms with Crippen molar-refractivity contribution in [1.29, 1.82) is 0 Å². The molecule has 3 nitrogen and oxygen atoms in total. The molecule has 1 aliphatic carbocycles. The van der Waals surface area contributed by atoms with E-state index < -0.39 is 0 Å². The van der Waals surface area contributed by atoms with Crippen LogP contribution in [0.4, 0.5) is 0 Å². The van der Waals surface area contributed by atoms with Crippen molar-refractivity contribution in [3.05, 3.63) is 0 Å². The fraction of sp³-hybridized carbons (Fsp3) is 0.917. The van der Waals surface area contributed by atoms with Crippen LogP contribution in [0.3, 0.4) is 0 Å². The molecule has 0 radical (unpaired) electrons. The molecule has 3 N–H and O–H groups in total. The molecule has 94 valence electrons. The van der Waals surface area contributed by atoms with Crippen LogP contribution >= 0.6 is 11.8 Å². The van der Waals surface area contributed by atoms with E-state index in [1.807, 2.05) is 25.6 Å². The minimum absolute atomic E-state index is 0.0695. The van der Waals surface area contributed by atoms with Gasteiger partial charge in [-0.1, -0.05) is 13.3 Å². The number of thioether (sulfide) groups is 1. The molecule has 0 saturated heterocycles. The molecule has 16 heavy (non-hydrogen) atoms. The van der Waals surface area contributed by atoms with E-state index >= 15 is 0 Å². The van der Waals surface area contributed by atoms with Crippen LogP contribution in [-0.4, -0.2) is 29.5 Å². The van der Waals surface area contributed by atoms with Gasteiger partial charge in [-0.2, -0.15) is 11.8 Å². The van der Waals surface area contributed by atoms with E-state index in [2.05, 4.69) is 11.6 Å². The molecule has 1 fully saturated rings. The van der Waals surface area contributed by atoms with Crippen molar-refractivity contribution in [3.63, 3.8) is 0 Å². The van der Waals surface area contributed by atoms with Gasteiger partial charge in [-0.05, 0) is 32.4 Å². The summed E-state index contributed by atoms with van der Waals surface area (Å²) >= 11 is 1.92. The predicted molar refractivity (Wildman–Crippen MR) is 70.5 cm³/mol. The lowest BCUT2D eigenvalue weighted by molar-refractivity contribution is -0.125. The van der Waals surface area contributed by atoms with Crippen LogP contribution in [-0.2, 0) is 4.79 Å². The second kappa shape index (κ2) is 6.50. The van der Waals surface area contributed by atoms with Gasteiger partial charge in [0.25, 0.3) is 0 Å². The first-order valence-electron chi connectivity index (χ1n) is 6.13. The highest BCUT2D eigenvalue weighted by Gasteiger charge is 2.25. The van der Waals surface area contributed by atoms with Crippen molar-refractivity contribution in [2.24, 2.45) is 11.7 Å². The van der Waals surface area contributed by atoms with E-state index in [1.165, 1.54) is 12.8 Å². The number of carbonyl (C=O) groups excluding carboxylic acids is 1. The highest BCUT2D eigenvalue weighted by atomic mass is 32.2. The lowest BCUT2D eigenvalue weighted by Crippen LogP contribution is -2.45. The molecule has 4 atom stereocenters. The Hall–Kier alpha value is -0.220. The average molecular weight is 244 g/mol. The molecule has 0 bridgehead atoms. The highest BCUT2D eigenvalue weighted by Crippen LogP contribution is 2.27. The van der Waals surface area contributed by atoms with E-state index in [-0.39, 0.29) is 17.9 Å². The molecule has 1 amide bonds. The van der Waals surface area contributed by atoms with Crippen molar-refractivity contribution < 1.29 is 4.79 Å². The normalized spacial score (nSPS) is 29.5. The van der Waals surface area contributed by atoms with Gasteiger partial charge in [-0.25, -0.2) is 0 Å². The Morgan fingerprint density at radius 3 is 2.69 bits per heavy atom. The summed E-state index contributed by atoms with van der Waals surface area (Å²) in [6, 6.07) is 0.292. The maximum absolute atomic E-state index is 11.8. The summed E-state index contributed by atoms with van der Waals surface area (Å²) in [6.07, 6.45) is 6.89. The molecule has 0 aromatic rings. The van der Waals surface area contributed by atoms with Gasteiger partial charge in [0.1, 0.15) is 0 Å². The first kappa shape index (κ1) is 13.8. The van der Waals surface area contributed by atoms with Gasteiger partial charge in [0.05, 0.1) is 0 Å². The van der Waals surface area contributed by atoms with E-state index in [4.69, 9.17) is 5.73 Å². The minimum Gasteiger partial charge on any atom is -0.353 e. The Kier molecular flexibility index (Phi) is 5.62. The Morgan fingerprint density at radius 2 is 2.12 bits per heavy atom. The van der Waals surface area contributed by atoms with E-state index in [1.54, 1.807) is 0 Å². The molecule has 1 saturated carbocycles. The number of carbonyl (C=O) groups is 1. The van der Waals surface area contributed by atoms with Gasteiger partial charge < -0.3 is 11.1 Å². The van der Waals surface area contributed by atoms with E-state index in [0.29, 0.717) is 11.3 Å². The van der Waals surface area contributed by atoms with Gasteiger partial charge in [-0.3, -0.25) is 4.79 Å². The van der Waals surface area contributed by atoms with Gasteiger partial charge in [0.15, 0.2) is 0 Å². The van der Waals surface area contributed by atoms with Crippen LogP contribution in [0.2, 0.25) is 0 Å². The predicted octanol–water partition coefficient (Wildman–Crippen LogP) is 1.76. The number of hydrogen-bond acceptors (Lipinski definition) is 3. The Bertz CT molecular complexity index is 233. The molecular formula is C12H24N2OS. The number of hydrogen-bond donors (Lipinski definition) is 2. The SMILES string of the molecule is CSC1CCCC(NC(=O)C(C)C(C)N)C1. The third-order valence-electron chi connectivity index (χ3n) is 3.51. The van der Waals surface area contributed by atoms with Crippen molar-refractivity contribution in [2.45, 2.75) is 56.9 Å². The van der Waals surface area contributed by atoms with Gasteiger partial charge in [-0.15, -0.1) is 0 Å². The van der Waals surface area contributed by atoms with Crippen molar-refractivity contribution in [3.8, 4) is 0 Å². The molecular weight excluding hydrogens is 220 g/mol. The average Bonchev–Trinajstić information content (AvgIpc) is 2.28. The number of rotatable bonds is 4. The second-order valence-electron chi connectivity index (χ2n) is 4.88. The van der Waals surface area contributed by atoms with Crippen molar-refractivity contribution in [2.75, 3.05) is 6.26 Å². The van der Waals surface area contributed by atoms with Crippen LogP contribution in [0.5, 0.6) is 0 Å². The topological polar surface area (TPSA) is 55.1 Å². The first-order chi connectivity index (χ1) is 7.54. The van der Waals surface area contributed by atoms with Crippen molar-refractivity contribution >= 4 is 17.7 Å². The Morgan fingerprint density at radius 1 is 1.44 bits per heavy atom. The first-order valence-corrected chi connectivity index (χ1v) is 7.42. The monoisotopic (exact) mass is 244 g/mol. The van der Waals surface area contributed by atoms with Crippen LogP contribution in [0.1, 0.15) is 39.5 Å². The van der Waals surface area contributed by atoms with Gasteiger partial charge >= 0.3 is 0 Å². The number of nitrogens with one attached hydrogen (secondary N) is 1. The zero-order chi connectivity index (χ0) is 12.1. The zero-order valence-electron chi connectivity index (χ0n) is 10.5.